The molecule has 2 aromatic carbocycles. The van der Waals surface area contributed by atoms with E-state index < -0.39 is 30.3 Å². The van der Waals surface area contributed by atoms with Crippen molar-refractivity contribution in [2.45, 2.75) is 31.5 Å². The van der Waals surface area contributed by atoms with Crippen molar-refractivity contribution in [3.05, 3.63) is 65.2 Å². The van der Waals surface area contributed by atoms with Crippen LogP contribution < -0.4 is 10.5 Å². The number of amides is 1. The average molecular weight is 515 g/mol. The summed E-state index contributed by atoms with van der Waals surface area (Å²) in [4.78, 5) is 13.0. The Bertz CT molecular complexity index is 1290. The number of aliphatic hydroxyl groups is 4. The van der Waals surface area contributed by atoms with Gasteiger partial charge in [-0.1, -0.05) is 18.2 Å². The minimum atomic E-state index is -1.18. The molecule has 192 valence electrons. The number of aliphatic hydroxyl groups excluding tert-OH is 4. The van der Waals surface area contributed by atoms with Crippen LogP contribution in [0.1, 0.15) is 21.7 Å². The van der Waals surface area contributed by atoms with Gasteiger partial charge in [0, 0.05) is 33.6 Å². The molecule has 4 atom stereocenters. The van der Waals surface area contributed by atoms with E-state index >= 15 is 0 Å². The van der Waals surface area contributed by atoms with Gasteiger partial charge in [-0.2, -0.15) is 0 Å². The Morgan fingerprint density at radius 1 is 1.17 bits per heavy atom. The van der Waals surface area contributed by atoms with Crippen molar-refractivity contribution < 1.29 is 34.7 Å². The van der Waals surface area contributed by atoms with Gasteiger partial charge >= 0.3 is 0 Å². The van der Waals surface area contributed by atoms with E-state index in [-0.39, 0.29) is 19.6 Å². The first-order chi connectivity index (χ1) is 17.3. The summed E-state index contributed by atoms with van der Waals surface area (Å²) in [6.45, 7) is 0.142. The zero-order chi connectivity index (χ0) is 25.8. The number of aromatic nitrogens is 1. The second-order valence-corrected chi connectivity index (χ2v) is 9.82. The molecular formula is C26H30N2O7S. The number of thiophene rings is 1. The predicted molar refractivity (Wildman–Crippen MR) is 137 cm³/mol. The number of nitrogens with zero attached hydrogens (tertiary/aromatic N) is 1. The second-order valence-electron chi connectivity index (χ2n) is 8.65. The Balaban J connectivity index is 0.000000214. The highest BCUT2D eigenvalue weighted by atomic mass is 32.1. The molecule has 0 saturated carbocycles. The van der Waals surface area contributed by atoms with Crippen molar-refractivity contribution in [2.24, 2.45) is 11.7 Å². The topological polar surface area (TPSA) is 147 Å². The van der Waals surface area contributed by atoms with Gasteiger partial charge in [0.05, 0.1) is 56.1 Å². The number of rotatable bonds is 6. The molecule has 1 aliphatic heterocycles. The predicted octanol–water partition coefficient (Wildman–Crippen LogP) is 2.07. The van der Waals surface area contributed by atoms with Gasteiger partial charge in [0.1, 0.15) is 5.75 Å². The molecule has 0 bridgehead atoms. The second kappa shape index (κ2) is 11.4. The fourth-order valence-corrected chi connectivity index (χ4v) is 5.39. The van der Waals surface area contributed by atoms with Gasteiger partial charge in [-0.3, -0.25) is 4.79 Å². The van der Waals surface area contributed by atoms with E-state index in [1.165, 1.54) is 15.0 Å². The van der Waals surface area contributed by atoms with E-state index in [0.717, 1.165) is 16.7 Å². The number of carbonyl (C=O) groups excluding carboxylic acids is 1. The van der Waals surface area contributed by atoms with Crippen LogP contribution in [0.2, 0.25) is 0 Å². The first-order valence-electron chi connectivity index (χ1n) is 11.5. The minimum Gasteiger partial charge on any atom is -0.497 e. The smallest absolute Gasteiger partial charge is 0.250 e. The third kappa shape index (κ3) is 5.54. The Kier molecular flexibility index (Phi) is 8.24. The summed E-state index contributed by atoms with van der Waals surface area (Å²) in [7, 11) is 1.63. The lowest BCUT2D eigenvalue weighted by molar-refractivity contribution is -0.237. The lowest BCUT2D eigenvalue weighted by atomic mass is 9.94. The van der Waals surface area contributed by atoms with Crippen molar-refractivity contribution in [2.75, 3.05) is 20.3 Å². The maximum absolute atomic E-state index is 11.8. The van der Waals surface area contributed by atoms with Gasteiger partial charge < -0.3 is 40.2 Å². The molecule has 6 N–H and O–H groups in total. The Morgan fingerprint density at radius 3 is 2.58 bits per heavy atom. The molecule has 4 unspecified atom stereocenters. The van der Waals surface area contributed by atoms with Gasteiger partial charge in [-0.05, 0) is 29.7 Å². The van der Waals surface area contributed by atoms with E-state index in [2.05, 4.69) is 22.8 Å². The van der Waals surface area contributed by atoms with Crippen LogP contribution in [0.5, 0.6) is 5.75 Å². The monoisotopic (exact) mass is 514 g/mol. The molecule has 0 aliphatic carbocycles. The summed E-state index contributed by atoms with van der Waals surface area (Å²) in [6.07, 6.45) is -0.445. The summed E-state index contributed by atoms with van der Waals surface area (Å²) >= 11 is 1.76. The van der Waals surface area contributed by atoms with Crippen molar-refractivity contribution >= 4 is 38.2 Å². The Labute approximate surface area is 211 Å². The maximum atomic E-state index is 11.8. The van der Waals surface area contributed by atoms with Crippen LogP contribution in [0.3, 0.4) is 0 Å². The summed E-state index contributed by atoms with van der Waals surface area (Å²) in [5.41, 5.74) is 7.02. The molecule has 2 aromatic heterocycles. The molecule has 36 heavy (non-hydrogen) atoms. The molecule has 0 radical (unpaired) electrons. The van der Waals surface area contributed by atoms with Gasteiger partial charge in [0.25, 0.3) is 5.91 Å². The van der Waals surface area contributed by atoms with Crippen LogP contribution in [0.15, 0.2) is 54.7 Å². The summed E-state index contributed by atoms with van der Waals surface area (Å²) in [5.74, 6) is -0.317. The van der Waals surface area contributed by atoms with Crippen molar-refractivity contribution in [3.8, 4) is 5.75 Å². The molecule has 1 amide bonds. The van der Waals surface area contributed by atoms with Gasteiger partial charge in [0.15, 0.2) is 6.29 Å². The molecule has 5 rings (SSSR count). The van der Waals surface area contributed by atoms with Gasteiger partial charge in [-0.25, -0.2) is 0 Å². The average Bonchev–Trinajstić information content (AvgIpc) is 3.45. The lowest BCUT2D eigenvalue weighted by Gasteiger charge is -2.35. The van der Waals surface area contributed by atoms with Crippen LogP contribution in [0, 0.1) is 5.92 Å². The lowest BCUT2D eigenvalue weighted by Crippen LogP contribution is -2.46. The molecular weight excluding hydrogens is 484 g/mol. The fraction of sp³-hybridized carbons (Fsp3) is 0.346. The zero-order valence-corrected chi connectivity index (χ0v) is 20.6. The first-order valence-corrected chi connectivity index (χ1v) is 12.3. The Hall–Kier alpha value is -2.99. The van der Waals surface area contributed by atoms with Gasteiger partial charge in [-0.15, -0.1) is 11.3 Å². The number of benzene rings is 2. The molecule has 9 nitrogen and oxygen atoms in total. The van der Waals surface area contributed by atoms with E-state index in [1.54, 1.807) is 18.4 Å². The standard InChI is InChI=1S/C19H16N2O2S.C7H14O5/c1-23-13-6-7-15-16(19(20)22)11-21(17(15)9-13)10-14-8-12-4-2-3-5-18(12)24-14;8-2-4-1-6(10)5(3-9)7(11)12-4/h2-9,11H,10H2,1H3,(H2,20,22);4-11H,1-3H2. The number of hydrogen-bond donors (Lipinski definition) is 5. The number of hydrogen-bond acceptors (Lipinski definition) is 8. The number of ether oxygens (including phenoxy) is 2. The molecule has 10 heteroatoms. The Morgan fingerprint density at radius 2 is 1.94 bits per heavy atom. The number of fused-ring (bicyclic) bond motifs is 2. The van der Waals surface area contributed by atoms with Crippen molar-refractivity contribution in [1.82, 2.24) is 4.57 Å². The summed E-state index contributed by atoms with van der Waals surface area (Å²) < 4.78 is 13.5. The SMILES string of the molecule is COc1ccc2c(C(N)=O)cn(Cc3cc4ccccc4s3)c2c1.OCC1CC(O)C(CO)C(O)O1. The third-order valence-electron chi connectivity index (χ3n) is 6.27. The molecule has 3 heterocycles. The quantitative estimate of drug-likeness (QED) is 0.265. The highest BCUT2D eigenvalue weighted by Crippen LogP contribution is 2.30. The molecule has 1 aliphatic rings. The largest absolute Gasteiger partial charge is 0.497 e. The minimum absolute atomic E-state index is 0.230. The summed E-state index contributed by atoms with van der Waals surface area (Å²) in [6, 6.07) is 16.2. The molecule has 4 aromatic rings. The van der Waals surface area contributed by atoms with E-state index in [1.807, 2.05) is 36.5 Å². The van der Waals surface area contributed by atoms with Crippen LogP contribution in [-0.2, 0) is 11.3 Å². The van der Waals surface area contributed by atoms with Gasteiger partial charge in [0.2, 0.25) is 0 Å². The van der Waals surface area contributed by atoms with Crippen LogP contribution in [-0.4, -0.2) is 69.7 Å². The molecule has 1 fully saturated rings. The normalized spacial score (nSPS) is 21.8. The fourth-order valence-electron chi connectivity index (χ4n) is 4.33. The maximum Gasteiger partial charge on any atom is 0.250 e. The number of carbonyl (C=O) groups is 1. The van der Waals surface area contributed by atoms with E-state index in [4.69, 9.17) is 25.4 Å². The van der Waals surface area contributed by atoms with Crippen molar-refractivity contribution in [1.29, 1.82) is 0 Å². The number of methoxy groups -OCH3 is 1. The summed E-state index contributed by atoms with van der Waals surface area (Å²) in [5, 5.41) is 38.0. The number of nitrogens with two attached hydrogens (primary N) is 1. The van der Waals surface area contributed by atoms with Crippen LogP contribution in [0.25, 0.3) is 21.0 Å². The molecule has 0 spiro atoms. The third-order valence-corrected chi connectivity index (χ3v) is 7.37. The highest BCUT2D eigenvalue weighted by Gasteiger charge is 2.35. The van der Waals surface area contributed by atoms with E-state index in [9.17, 15) is 15.0 Å². The molecule has 1 saturated heterocycles. The van der Waals surface area contributed by atoms with Crippen LogP contribution >= 0.6 is 11.3 Å². The zero-order valence-electron chi connectivity index (χ0n) is 19.8. The van der Waals surface area contributed by atoms with Crippen molar-refractivity contribution in [3.63, 3.8) is 0 Å². The first kappa shape index (κ1) is 26.1. The van der Waals surface area contributed by atoms with E-state index in [0.29, 0.717) is 12.1 Å². The highest BCUT2D eigenvalue weighted by molar-refractivity contribution is 7.19. The number of primary amides is 1. The van der Waals surface area contributed by atoms with Crippen LogP contribution in [0.4, 0.5) is 0 Å².